The summed E-state index contributed by atoms with van der Waals surface area (Å²) in [7, 11) is 1.69. The first kappa shape index (κ1) is 17.2. The number of carbonyl (C=O) groups is 1. The molecule has 0 aromatic carbocycles. The minimum absolute atomic E-state index is 0.190. The summed E-state index contributed by atoms with van der Waals surface area (Å²) in [6, 6.07) is 4.39. The van der Waals surface area contributed by atoms with Gasteiger partial charge in [0.15, 0.2) is 0 Å². The molecule has 24 heavy (non-hydrogen) atoms. The molecular weight excluding hydrogens is 304 g/mol. The van der Waals surface area contributed by atoms with Crippen molar-refractivity contribution in [3.8, 4) is 0 Å². The highest BCUT2D eigenvalue weighted by Crippen LogP contribution is 2.52. The Balaban J connectivity index is 1.63. The van der Waals surface area contributed by atoms with E-state index in [0.717, 1.165) is 17.7 Å². The highest BCUT2D eigenvalue weighted by atomic mass is 16.6. The van der Waals surface area contributed by atoms with Gasteiger partial charge < -0.3 is 14.8 Å². The van der Waals surface area contributed by atoms with E-state index in [2.05, 4.69) is 22.4 Å². The van der Waals surface area contributed by atoms with Gasteiger partial charge in [0, 0.05) is 31.0 Å². The second-order valence-corrected chi connectivity index (χ2v) is 8.11. The van der Waals surface area contributed by atoms with Gasteiger partial charge in [0.05, 0.1) is 6.61 Å². The number of methoxy groups -OCH3 is 1. The summed E-state index contributed by atoms with van der Waals surface area (Å²) in [4.78, 5) is 16.7. The summed E-state index contributed by atoms with van der Waals surface area (Å²) in [5, 5.41) is 3.09. The molecule has 132 valence electrons. The third-order valence-electron chi connectivity index (χ3n) is 5.10. The Labute approximate surface area is 144 Å². The van der Waals surface area contributed by atoms with Crippen molar-refractivity contribution >= 4 is 6.09 Å². The van der Waals surface area contributed by atoms with E-state index in [9.17, 15) is 4.79 Å². The van der Waals surface area contributed by atoms with Crippen molar-refractivity contribution in [1.29, 1.82) is 0 Å². The Morgan fingerprint density at radius 1 is 1.25 bits per heavy atom. The average Bonchev–Trinajstić information content (AvgIpc) is 2.44. The van der Waals surface area contributed by atoms with Gasteiger partial charge >= 0.3 is 6.09 Å². The van der Waals surface area contributed by atoms with Crippen LogP contribution >= 0.6 is 0 Å². The number of hydrogen-bond acceptors (Lipinski definition) is 4. The zero-order valence-corrected chi connectivity index (χ0v) is 15.0. The van der Waals surface area contributed by atoms with Gasteiger partial charge in [-0.15, -0.1) is 0 Å². The fraction of sp³-hybridized carbons (Fsp3) is 0.684. The molecule has 5 nitrogen and oxygen atoms in total. The molecule has 3 aliphatic rings. The number of hydrogen-bond donors (Lipinski definition) is 1. The summed E-state index contributed by atoms with van der Waals surface area (Å²) in [5.41, 5.74) is 1.76. The summed E-state index contributed by atoms with van der Waals surface area (Å²) in [6.45, 7) is 6.26. The maximum Gasteiger partial charge on any atom is 0.407 e. The zero-order valence-electron chi connectivity index (χ0n) is 15.0. The molecule has 3 fully saturated rings. The van der Waals surface area contributed by atoms with Crippen LogP contribution in [0.1, 0.15) is 57.2 Å². The normalized spacial score (nSPS) is 28.8. The van der Waals surface area contributed by atoms with E-state index in [1.165, 1.54) is 12.8 Å². The number of pyridine rings is 1. The van der Waals surface area contributed by atoms with E-state index in [0.29, 0.717) is 24.4 Å². The fourth-order valence-electron chi connectivity index (χ4n) is 3.93. The molecule has 2 atom stereocenters. The molecule has 1 N–H and O–H groups in total. The number of rotatable bonds is 4. The van der Waals surface area contributed by atoms with E-state index in [1.807, 2.05) is 27.0 Å². The van der Waals surface area contributed by atoms with Crippen molar-refractivity contribution in [2.24, 2.45) is 11.8 Å². The van der Waals surface area contributed by atoms with Crippen molar-refractivity contribution in [3.05, 3.63) is 29.6 Å². The Bertz CT molecular complexity index is 573. The molecule has 1 unspecified atom stereocenters. The van der Waals surface area contributed by atoms with Crippen molar-refractivity contribution in [3.63, 3.8) is 0 Å². The van der Waals surface area contributed by atoms with Gasteiger partial charge in [-0.2, -0.15) is 0 Å². The van der Waals surface area contributed by atoms with Crippen LogP contribution in [0.15, 0.2) is 18.3 Å². The first-order valence-electron chi connectivity index (χ1n) is 8.79. The van der Waals surface area contributed by atoms with Gasteiger partial charge in [0.25, 0.3) is 0 Å². The maximum atomic E-state index is 12.1. The van der Waals surface area contributed by atoms with Gasteiger partial charge in [0.1, 0.15) is 5.60 Å². The van der Waals surface area contributed by atoms with Crippen molar-refractivity contribution in [2.45, 2.75) is 64.2 Å². The molecular formula is C19H28N2O3. The van der Waals surface area contributed by atoms with Crippen LogP contribution in [-0.4, -0.2) is 29.8 Å². The Hall–Kier alpha value is -1.62. The van der Waals surface area contributed by atoms with Gasteiger partial charge in [-0.05, 0) is 63.5 Å². The molecule has 0 aliphatic heterocycles. The Morgan fingerprint density at radius 2 is 2.00 bits per heavy atom. The number of nitrogens with one attached hydrogen (secondary N) is 1. The van der Waals surface area contributed by atoms with Crippen LogP contribution in [0.5, 0.6) is 0 Å². The van der Waals surface area contributed by atoms with E-state index in [1.54, 1.807) is 7.11 Å². The number of ether oxygens (including phenoxy) is 2. The van der Waals surface area contributed by atoms with E-state index in [-0.39, 0.29) is 12.1 Å². The van der Waals surface area contributed by atoms with Crippen LogP contribution in [0, 0.1) is 11.8 Å². The predicted octanol–water partition coefficient (Wildman–Crippen LogP) is 3.63. The average molecular weight is 332 g/mol. The molecule has 1 heterocycles. The Kier molecular flexibility index (Phi) is 4.81. The first-order chi connectivity index (χ1) is 11.4. The van der Waals surface area contributed by atoms with Crippen molar-refractivity contribution in [2.75, 3.05) is 7.11 Å². The maximum absolute atomic E-state index is 12.1. The second kappa shape index (κ2) is 6.71. The third kappa shape index (κ3) is 3.89. The van der Waals surface area contributed by atoms with Crippen molar-refractivity contribution in [1.82, 2.24) is 10.3 Å². The number of carbonyl (C=O) groups excluding carboxylic acids is 1. The molecule has 3 aliphatic carbocycles. The highest BCUT2D eigenvalue weighted by Gasteiger charge is 2.47. The van der Waals surface area contributed by atoms with Gasteiger partial charge in [-0.3, -0.25) is 4.98 Å². The molecule has 3 saturated carbocycles. The van der Waals surface area contributed by atoms with Crippen LogP contribution in [0.25, 0.3) is 0 Å². The van der Waals surface area contributed by atoms with Crippen molar-refractivity contribution < 1.29 is 14.3 Å². The van der Waals surface area contributed by atoms with E-state index in [4.69, 9.17) is 9.47 Å². The summed E-state index contributed by atoms with van der Waals surface area (Å²) in [6.07, 6.45) is 4.89. The fourth-order valence-corrected chi connectivity index (χ4v) is 3.93. The van der Waals surface area contributed by atoms with E-state index >= 15 is 0 Å². The SMILES string of the molecule is COCc1ccc(C2C[C@H](NC(=O)OC(C)(C)C)[C@H]3C[C@H]2C3)nc1. The molecule has 2 bridgehead atoms. The third-order valence-corrected chi connectivity index (χ3v) is 5.10. The van der Waals surface area contributed by atoms with Crippen LogP contribution in [-0.2, 0) is 16.1 Å². The molecule has 1 aromatic heterocycles. The number of alkyl carbamates (subject to hydrolysis) is 1. The largest absolute Gasteiger partial charge is 0.444 e. The second-order valence-electron chi connectivity index (χ2n) is 8.11. The number of amides is 1. The highest BCUT2D eigenvalue weighted by molar-refractivity contribution is 5.68. The van der Waals surface area contributed by atoms with Gasteiger partial charge in [0.2, 0.25) is 0 Å². The van der Waals surface area contributed by atoms with E-state index < -0.39 is 5.60 Å². The molecule has 1 aromatic rings. The predicted molar refractivity (Wildman–Crippen MR) is 91.7 cm³/mol. The molecule has 1 amide bonds. The van der Waals surface area contributed by atoms with Crippen LogP contribution in [0.3, 0.4) is 0 Å². The minimum Gasteiger partial charge on any atom is -0.444 e. The minimum atomic E-state index is -0.459. The van der Waals surface area contributed by atoms with Crippen LogP contribution in [0.2, 0.25) is 0 Å². The number of aromatic nitrogens is 1. The lowest BCUT2D eigenvalue weighted by atomic mass is 9.57. The standard InChI is InChI=1S/C19H28N2O3/c1-19(2,3)24-18(22)21-17-9-15(13-7-14(17)8-13)16-6-5-12(10-20-16)11-23-4/h5-6,10,13-15,17H,7-9,11H2,1-4H3,(H,21,22)/t13-,14-,15?,17-/m0/s1. The van der Waals surface area contributed by atoms with Crippen LogP contribution in [0.4, 0.5) is 4.79 Å². The lowest BCUT2D eigenvalue weighted by Gasteiger charge is -2.51. The summed E-state index contributed by atoms with van der Waals surface area (Å²) in [5.74, 6) is 1.71. The molecule has 4 rings (SSSR count). The quantitative estimate of drug-likeness (QED) is 0.914. The van der Waals surface area contributed by atoms with Crippen LogP contribution < -0.4 is 5.32 Å². The molecule has 0 radical (unpaired) electrons. The topological polar surface area (TPSA) is 60.5 Å². The number of nitrogens with zero attached hydrogens (tertiary/aromatic N) is 1. The monoisotopic (exact) mass is 332 g/mol. The zero-order chi connectivity index (χ0) is 17.3. The summed E-state index contributed by atoms with van der Waals surface area (Å²) < 4.78 is 10.6. The summed E-state index contributed by atoms with van der Waals surface area (Å²) >= 11 is 0. The van der Waals surface area contributed by atoms with Gasteiger partial charge in [-0.25, -0.2) is 4.79 Å². The molecule has 0 spiro atoms. The molecule has 5 heteroatoms. The lowest BCUT2D eigenvalue weighted by molar-refractivity contribution is 0.0223. The van der Waals surface area contributed by atoms with Gasteiger partial charge in [-0.1, -0.05) is 6.07 Å². The molecule has 0 saturated heterocycles. The smallest absolute Gasteiger partial charge is 0.407 e. The number of fused-ring (bicyclic) bond motifs is 2. The Morgan fingerprint density at radius 3 is 2.58 bits per heavy atom. The first-order valence-corrected chi connectivity index (χ1v) is 8.79. The lowest BCUT2D eigenvalue weighted by Crippen LogP contribution is -2.53.